The van der Waals surface area contributed by atoms with Crippen LogP contribution in [0.2, 0.25) is 0 Å². The molecule has 3 aromatic rings. The second kappa shape index (κ2) is 7.83. The fourth-order valence-electron chi connectivity index (χ4n) is 2.59. The highest BCUT2D eigenvalue weighted by atomic mass is 32.2. The molecule has 150 valence electrons. The number of nitrogens with zero attached hydrogens (tertiary/aromatic N) is 2. The van der Waals surface area contributed by atoms with E-state index >= 15 is 0 Å². The number of rotatable bonds is 8. The molecule has 0 radical (unpaired) electrons. The maximum absolute atomic E-state index is 10.9. The van der Waals surface area contributed by atoms with Crippen LogP contribution in [0.3, 0.4) is 0 Å². The van der Waals surface area contributed by atoms with Crippen molar-refractivity contribution >= 4 is 53.7 Å². The van der Waals surface area contributed by atoms with Crippen molar-refractivity contribution in [2.24, 2.45) is 0 Å². The number of anilines is 2. The molecule has 1 heterocycles. The second-order valence-electron chi connectivity index (χ2n) is 6.03. The van der Waals surface area contributed by atoms with E-state index in [0.29, 0.717) is 33.4 Å². The summed E-state index contributed by atoms with van der Waals surface area (Å²) in [5.41, 5.74) is 3.50. The molecule has 0 saturated carbocycles. The summed E-state index contributed by atoms with van der Waals surface area (Å²) in [6, 6.07) is 10.4. The number of para-hydroxylation sites is 1. The lowest BCUT2D eigenvalue weighted by Crippen LogP contribution is -2.15. The third-order valence-corrected chi connectivity index (χ3v) is 5.27. The van der Waals surface area contributed by atoms with E-state index in [1.807, 2.05) is 0 Å². The molecule has 4 N–H and O–H groups in total. The number of fused-ring (bicyclic) bond motifs is 2. The average Bonchev–Trinajstić information content (AvgIpc) is 2.58. The fraction of sp³-hybridized carbons (Fsp3) is 0.250. The van der Waals surface area contributed by atoms with Gasteiger partial charge in [0.15, 0.2) is 0 Å². The van der Waals surface area contributed by atoms with Gasteiger partial charge in [0.05, 0.1) is 33.7 Å². The van der Waals surface area contributed by atoms with Crippen molar-refractivity contribution in [2.45, 2.75) is 0 Å². The van der Waals surface area contributed by atoms with Gasteiger partial charge >= 0.3 is 0 Å². The molecule has 3 rings (SSSR count). The minimum absolute atomic E-state index is 0.00882. The maximum atomic E-state index is 10.9. The van der Waals surface area contributed by atoms with Gasteiger partial charge < -0.3 is 10.6 Å². The Balaban J connectivity index is 1.88. The lowest BCUT2D eigenvalue weighted by atomic mass is 10.2. The lowest BCUT2D eigenvalue weighted by molar-refractivity contribution is 0.481. The zero-order chi connectivity index (χ0) is 20.4. The molecule has 28 heavy (non-hydrogen) atoms. The first-order chi connectivity index (χ1) is 13.1. The van der Waals surface area contributed by atoms with Crippen LogP contribution in [0.4, 0.5) is 11.4 Å². The number of nitrogens with one attached hydrogen (secondary N) is 2. The highest BCUT2D eigenvalue weighted by Crippen LogP contribution is 2.24. The number of aromatic nitrogens is 2. The minimum atomic E-state index is -4.07. The molecule has 0 amide bonds. The molecule has 10 nitrogen and oxygen atoms in total. The highest BCUT2D eigenvalue weighted by molar-refractivity contribution is 7.86. The summed E-state index contributed by atoms with van der Waals surface area (Å²) < 4.78 is 61.0. The molecule has 0 aliphatic rings. The van der Waals surface area contributed by atoms with Crippen LogP contribution >= 0.6 is 0 Å². The van der Waals surface area contributed by atoms with E-state index in [4.69, 9.17) is 9.11 Å². The van der Waals surface area contributed by atoms with Crippen LogP contribution in [-0.4, -0.2) is 60.5 Å². The second-order valence-corrected chi connectivity index (χ2v) is 9.17. The van der Waals surface area contributed by atoms with Crippen LogP contribution < -0.4 is 10.6 Å². The van der Waals surface area contributed by atoms with E-state index in [-0.39, 0.29) is 13.1 Å². The molecule has 0 saturated heterocycles. The van der Waals surface area contributed by atoms with Gasteiger partial charge in [0.1, 0.15) is 5.52 Å². The zero-order valence-corrected chi connectivity index (χ0v) is 16.2. The molecule has 12 heteroatoms. The topological polar surface area (TPSA) is 159 Å². The molecular weight excluding hydrogens is 408 g/mol. The summed E-state index contributed by atoms with van der Waals surface area (Å²) in [4.78, 5) is 9.09. The van der Waals surface area contributed by atoms with Crippen LogP contribution in [-0.2, 0) is 20.2 Å². The summed E-state index contributed by atoms with van der Waals surface area (Å²) in [5.74, 6) is -0.859. The quantitative estimate of drug-likeness (QED) is 0.306. The first-order valence-corrected chi connectivity index (χ1v) is 11.4. The Bertz CT molecular complexity index is 1230. The molecule has 1 aromatic heterocycles. The number of hydrogen-bond donors (Lipinski definition) is 4. The molecule has 0 unspecified atom stereocenters. The molecule has 0 atom stereocenters. The van der Waals surface area contributed by atoms with E-state index in [9.17, 15) is 16.8 Å². The molecular formula is C16H18N4O6S2. The van der Waals surface area contributed by atoms with Gasteiger partial charge in [-0.1, -0.05) is 6.07 Å². The number of benzene rings is 2. The molecule has 0 aliphatic heterocycles. The normalized spacial score (nSPS) is 12.4. The molecule has 0 bridgehead atoms. The van der Waals surface area contributed by atoms with E-state index < -0.39 is 31.7 Å². The van der Waals surface area contributed by atoms with Crippen LogP contribution in [0.1, 0.15) is 0 Å². The van der Waals surface area contributed by atoms with Crippen molar-refractivity contribution in [2.75, 3.05) is 35.2 Å². The fourth-order valence-corrected chi connectivity index (χ4v) is 3.31. The van der Waals surface area contributed by atoms with Gasteiger partial charge in [-0.3, -0.25) is 9.11 Å². The summed E-state index contributed by atoms with van der Waals surface area (Å²) in [6.07, 6.45) is 0. The van der Waals surface area contributed by atoms with E-state index in [1.54, 1.807) is 36.4 Å². The van der Waals surface area contributed by atoms with Gasteiger partial charge in [-0.25, -0.2) is 9.97 Å². The van der Waals surface area contributed by atoms with Gasteiger partial charge in [-0.05, 0) is 30.3 Å². The third kappa shape index (κ3) is 5.48. The SMILES string of the molecule is O=S(=O)(O)CCNc1ccc2nc3cccc(NCCS(=O)(=O)O)c3nc2c1. The Hall–Kier alpha value is -2.54. The Kier molecular flexibility index (Phi) is 5.65. The molecule has 0 spiro atoms. The van der Waals surface area contributed by atoms with Crippen molar-refractivity contribution < 1.29 is 25.9 Å². The van der Waals surface area contributed by atoms with Crippen molar-refractivity contribution in [1.82, 2.24) is 9.97 Å². The van der Waals surface area contributed by atoms with Crippen LogP contribution in [0, 0.1) is 0 Å². The Morgan fingerprint density at radius 2 is 1.46 bits per heavy atom. The van der Waals surface area contributed by atoms with Gasteiger partial charge in [0, 0.05) is 18.8 Å². The maximum Gasteiger partial charge on any atom is 0.266 e. The van der Waals surface area contributed by atoms with Gasteiger partial charge in [0.2, 0.25) is 0 Å². The molecule has 0 fully saturated rings. The Labute approximate surface area is 161 Å². The molecule has 2 aromatic carbocycles. The zero-order valence-electron chi connectivity index (χ0n) is 14.5. The van der Waals surface area contributed by atoms with Gasteiger partial charge in [-0.2, -0.15) is 16.8 Å². The van der Waals surface area contributed by atoms with Crippen molar-refractivity contribution in [1.29, 1.82) is 0 Å². The summed E-state index contributed by atoms with van der Waals surface area (Å²) in [6.45, 7) is 0.0443. The highest BCUT2D eigenvalue weighted by Gasteiger charge is 2.09. The predicted octanol–water partition coefficient (Wildman–Crippen LogP) is 1.38. The van der Waals surface area contributed by atoms with E-state index in [2.05, 4.69) is 20.6 Å². The van der Waals surface area contributed by atoms with Crippen molar-refractivity contribution in [3.05, 3.63) is 36.4 Å². The standard InChI is InChI=1S/C16H18N4O6S2/c21-27(22,23)8-6-17-11-4-5-12-15(10-11)20-16-13(2-1-3-14(16)19-12)18-7-9-28(24,25)26/h1-5,10,17-18H,6-9H2,(H,21,22,23)(H,24,25,26). The molecule has 0 aliphatic carbocycles. The van der Waals surface area contributed by atoms with Crippen LogP contribution in [0.15, 0.2) is 36.4 Å². The van der Waals surface area contributed by atoms with E-state index in [0.717, 1.165) is 0 Å². The number of hydrogen-bond acceptors (Lipinski definition) is 8. The summed E-state index contributed by atoms with van der Waals surface area (Å²) in [5, 5.41) is 5.81. The Morgan fingerprint density at radius 1 is 0.786 bits per heavy atom. The van der Waals surface area contributed by atoms with Crippen molar-refractivity contribution in [3.63, 3.8) is 0 Å². The lowest BCUT2D eigenvalue weighted by Gasteiger charge is -2.10. The first kappa shape index (κ1) is 20.2. The van der Waals surface area contributed by atoms with Crippen LogP contribution in [0.25, 0.3) is 22.1 Å². The minimum Gasteiger partial charge on any atom is -0.384 e. The first-order valence-electron chi connectivity index (χ1n) is 8.19. The summed E-state index contributed by atoms with van der Waals surface area (Å²) in [7, 11) is -8.12. The monoisotopic (exact) mass is 426 g/mol. The smallest absolute Gasteiger partial charge is 0.266 e. The largest absolute Gasteiger partial charge is 0.384 e. The van der Waals surface area contributed by atoms with Gasteiger partial charge in [0.25, 0.3) is 20.2 Å². The Morgan fingerprint density at radius 3 is 2.14 bits per heavy atom. The van der Waals surface area contributed by atoms with Crippen molar-refractivity contribution in [3.8, 4) is 0 Å². The van der Waals surface area contributed by atoms with Crippen LogP contribution in [0.5, 0.6) is 0 Å². The summed E-state index contributed by atoms with van der Waals surface area (Å²) >= 11 is 0. The van der Waals surface area contributed by atoms with Gasteiger partial charge in [-0.15, -0.1) is 0 Å². The van der Waals surface area contributed by atoms with E-state index in [1.165, 1.54) is 0 Å². The third-order valence-electron chi connectivity index (χ3n) is 3.83. The average molecular weight is 426 g/mol. The predicted molar refractivity (Wildman–Crippen MR) is 107 cm³/mol.